The number of aromatic nitrogens is 2. The maximum absolute atomic E-state index is 13.5. The molecule has 0 saturated heterocycles. The van der Waals surface area contributed by atoms with Crippen LogP contribution >= 0.6 is 0 Å². The normalized spacial score (nSPS) is 16.5. The number of hydrogen-bond acceptors (Lipinski definition) is 2. The fourth-order valence-electron chi connectivity index (χ4n) is 3.09. The third-order valence-corrected chi connectivity index (χ3v) is 4.19. The van der Waals surface area contributed by atoms with Gasteiger partial charge in [0.25, 0.3) is 0 Å². The highest BCUT2D eigenvalue weighted by molar-refractivity contribution is 5.76. The summed E-state index contributed by atoms with van der Waals surface area (Å²) in [6.45, 7) is 3.61. The van der Waals surface area contributed by atoms with Crippen molar-refractivity contribution in [2.24, 2.45) is 0 Å². The second-order valence-corrected chi connectivity index (χ2v) is 5.93. The molecule has 0 fully saturated rings. The highest BCUT2D eigenvalue weighted by Crippen LogP contribution is 2.31. The molecule has 0 spiro atoms. The molecule has 4 nitrogen and oxygen atoms in total. The number of amides is 1. The van der Waals surface area contributed by atoms with E-state index in [0.29, 0.717) is 18.5 Å². The van der Waals surface area contributed by atoms with Gasteiger partial charge in [0.1, 0.15) is 11.6 Å². The quantitative estimate of drug-likeness (QED) is 0.851. The average Bonchev–Trinajstić information content (AvgIpc) is 2.97. The summed E-state index contributed by atoms with van der Waals surface area (Å²) in [6, 6.07) is 3.23. The third-order valence-electron chi connectivity index (χ3n) is 4.19. The van der Waals surface area contributed by atoms with Gasteiger partial charge < -0.3 is 5.32 Å². The molecule has 1 aromatic heterocycles. The predicted molar refractivity (Wildman–Crippen MR) is 86.7 cm³/mol. The Morgan fingerprint density at radius 2 is 2.12 bits per heavy atom. The molecule has 2 aromatic rings. The van der Waals surface area contributed by atoms with Crippen LogP contribution in [0.4, 0.5) is 8.78 Å². The van der Waals surface area contributed by atoms with Crippen LogP contribution in [0.3, 0.4) is 0 Å². The Kier molecular flexibility index (Phi) is 4.74. The van der Waals surface area contributed by atoms with E-state index in [1.807, 2.05) is 0 Å². The molecule has 0 bridgehead atoms. The van der Waals surface area contributed by atoms with Crippen LogP contribution in [0.5, 0.6) is 0 Å². The zero-order chi connectivity index (χ0) is 17.1. The lowest BCUT2D eigenvalue weighted by molar-refractivity contribution is -0.121. The first kappa shape index (κ1) is 16.4. The van der Waals surface area contributed by atoms with Gasteiger partial charge in [0.15, 0.2) is 0 Å². The number of nitrogens with one attached hydrogen (secondary N) is 1. The van der Waals surface area contributed by atoms with E-state index in [-0.39, 0.29) is 11.9 Å². The minimum absolute atomic E-state index is 0.0303. The minimum atomic E-state index is -0.640. The van der Waals surface area contributed by atoms with Crippen LogP contribution in [0.15, 0.2) is 37.1 Å². The lowest BCUT2D eigenvalue weighted by Gasteiger charge is -2.24. The number of carbonyl (C=O) groups is 1. The molecule has 1 unspecified atom stereocenters. The standard InChI is InChI=1S/C18H19F2N3O/c1-2-3-7-18(24)22-16-5-4-6-17-15(16)11-21-23(17)14-9-12(19)8-13(20)10-14/h2,8-11,16H,1,3-7H2,(H,22,24). The number of halogens is 2. The van der Waals surface area contributed by atoms with Crippen molar-refractivity contribution in [3.8, 4) is 5.69 Å². The maximum Gasteiger partial charge on any atom is 0.220 e. The van der Waals surface area contributed by atoms with Crippen LogP contribution in [-0.4, -0.2) is 15.7 Å². The van der Waals surface area contributed by atoms with Crippen molar-refractivity contribution in [1.29, 1.82) is 0 Å². The summed E-state index contributed by atoms with van der Waals surface area (Å²) in [7, 11) is 0. The van der Waals surface area contributed by atoms with Gasteiger partial charge in [-0.25, -0.2) is 13.5 Å². The Labute approximate surface area is 139 Å². The van der Waals surface area contributed by atoms with Gasteiger partial charge in [0, 0.05) is 23.7 Å². The summed E-state index contributed by atoms with van der Waals surface area (Å²) in [4.78, 5) is 12.0. The molecule has 1 aliphatic carbocycles. The number of rotatable bonds is 5. The monoisotopic (exact) mass is 331 g/mol. The number of benzene rings is 1. The van der Waals surface area contributed by atoms with Gasteiger partial charge in [-0.15, -0.1) is 6.58 Å². The van der Waals surface area contributed by atoms with Crippen LogP contribution in [0.25, 0.3) is 5.69 Å². The first-order valence-corrected chi connectivity index (χ1v) is 8.02. The molecule has 1 aromatic carbocycles. The zero-order valence-corrected chi connectivity index (χ0v) is 13.3. The highest BCUT2D eigenvalue weighted by atomic mass is 19.1. The largest absolute Gasteiger partial charge is 0.349 e. The number of allylic oxidation sites excluding steroid dienone is 1. The zero-order valence-electron chi connectivity index (χ0n) is 13.3. The van der Waals surface area contributed by atoms with Crippen LogP contribution in [0.1, 0.15) is 43.0 Å². The van der Waals surface area contributed by atoms with Crippen molar-refractivity contribution in [1.82, 2.24) is 15.1 Å². The second kappa shape index (κ2) is 6.95. The van der Waals surface area contributed by atoms with Gasteiger partial charge in [0.2, 0.25) is 5.91 Å². The highest BCUT2D eigenvalue weighted by Gasteiger charge is 2.26. The first-order valence-electron chi connectivity index (χ1n) is 8.02. The molecule has 1 atom stereocenters. The molecule has 0 aliphatic heterocycles. The molecular weight excluding hydrogens is 312 g/mol. The molecule has 3 rings (SSSR count). The Morgan fingerprint density at radius 3 is 2.83 bits per heavy atom. The second-order valence-electron chi connectivity index (χ2n) is 5.93. The van der Waals surface area contributed by atoms with Gasteiger partial charge in [-0.3, -0.25) is 4.79 Å². The molecule has 1 amide bonds. The average molecular weight is 331 g/mol. The van der Waals surface area contributed by atoms with E-state index in [2.05, 4.69) is 17.0 Å². The summed E-state index contributed by atoms with van der Waals surface area (Å²) in [5.74, 6) is -1.31. The van der Waals surface area contributed by atoms with E-state index in [9.17, 15) is 13.6 Å². The van der Waals surface area contributed by atoms with Gasteiger partial charge in [0.05, 0.1) is 17.9 Å². The van der Waals surface area contributed by atoms with Crippen LogP contribution in [-0.2, 0) is 11.2 Å². The topological polar surface area (TPSA) is 46.9 Å². The van der Waals surface area contributed by atoms with E-state index in [1.54, 1.807) is 17.0 Å². The van der Waals surface area contributed by atoms with Crippen LogP contribution < -0.4 is 5.32 Å². The van der Waals surface area contributed by atoms with Crippen LogP contribution in [0.2, 0.25) is 0 Å². The molecule has 1 heterocycles. The molecule has 0 saturated carbocycles. The fourth-order valence-corrected chi connectivity index (χ4v) is 3.09. The Hall–Kier alpha value is -2.50. The van der Waals surface area contributed by atoms with E-state index < -0.39 is 11.6 Å². The first-order chi connectivity index (χ1) is 11.6. The van der Waals surface area contributed by atoms with Crippen molar-refractivity contribution in [3.05, 3.63) is 59.9 Å². The smallest absolute Gasteiger partial charge is 0.220 e. The number of fused-ring (bicyclic) bond motifs is 1. The number of hydrogen-bond donors (Lipinski definition) is 1. The van der Waals surface area contributed by atoms with Crippen molar-refractivity contribution in [2.75, 3.05) is 0 Å². The molecular formula is C18H19F2N3O. The van der Waals surface area contributed by atoms with Gasteiger partial charge in [-0.2, -0.15) is 5.10 Å². The summed E-state index contributed by atoms with van der Waals surface area (Å²) in [5.41, 5.74) is 2.16. The van der Waals surface area contributed by atoms with E-state index in [0.717, 1.165) is 36.6 Å². The summed E-state index contributed by atoms with van der Waals surface area (Å²) in [5, 5.41) is 7.30. The fraction of sp³-hybridized carbons (Fsp3) is 0.333. The maximum atomic E-state index is 13.5. The van der Waals surface area contributed by atoms with Gasteiger partial charge in [-0.1, -0.05) is 6.08 Å². The molecule has 1 N–H and O–H groups in total. The van der Waals surface area contributed by atoms with Crippen molar-refractivity contribution in [2.45, 2.75) is 38.1 Å². The SMILES string of the molecule is C=CCCC(=O)NC1CCCc2c1cnn2-c1cc(F)cc(F)c1. The molecule has 1 aliphatic rings. The Bertz CT molecular complexity index is 749. The minimum Gasteiger partial charge on any atom is -0.349 e. The third kappa shape index (κ3) is 3.37. The lowest BCUT2D eigenvalue weighted by atomic mass is 9.92. The summed E-state index contributed by atoms with van der Waals surface area (Å²) >= 11 is 0. The Morgan fingerprint density at radius 1 is 1.38 bits per heavy atom. The van der Waals surface area contributed by atoms with Crippen molar-refractivity contribution >= 4 is 5.91 Å². The van der Waals surface area contributed by atoms with E-state index >= 15 is 0 Å². The predicted octanol–water partition coefficient (Wildman–Crippen LogP) is 3.61. The molecule has 24 heavy (non-hydrogen) atoms. The number of nitrogens with zero attached hydrogens (tertiary/aromatic N) is 2. The Balaban J connectivity index is 1.87. The lowest BCUT2D eigenvalue weighted by Crippen LogP contribution is -2.30. The molecule has 126 valence electrons. The molecule has 6 heteroatoms. The number of carbonyl (C=O) groups excluding carboxylic acids is 1. The van der Waals surface area contributed by atoms with Gasteiger partial charge >= 0.3 is 0 Å². The van der Waals surface area contributed by atoms with E-state index in [4.69, 9.17) is 0 Å². The van der Waals surface area contributed by atoms with E-state index in [1.165, 1.54) is 12.1 Å². The van der Waals surface area contributed by atoms with Crippen LogP contribution in [0, 0.1) is 11.6 Å². The summed E-state index contributed by atoms with van der Waals surface area (Å²) < 4.78 is 28.5. The van der Waals surface area contributed by atoms with Crippen molar-refractivity contribution < 1.29 is 13.6 Å². The molecule has 0 radical (unpaired) electrons. The van der Waals surface area contributed by atoms with Gasteiger partial charge in [-0.05, 0) is 37.8 Å². The van der Waals surface area contributed by atoms with Crippen molar-refractivity contribution in [3.63, 3.8) is 0 Å². The summed E-state index contributed by atoms with van der Waals surface area (Å²) in [6.07, 6.45) is 6.88.